The maximum Gasteiger partial charge on any atom is 0.283 e. The van der Waals surface area contributed by atoms with Crippen LogP contribution in [0, 0.1) is 5.92 Å². The van der Waals surface area contributed by atoms with Gasteiger partial charge in [0.1, 0.15) is 0 Å². The summed E-state index contributed by atoms with van der Waals surface area (Å²) in [5.41, 5.74) is 0. The zero-order valence-electron chi connectivity index (χ0n) is 8.41. The normalized spacial score (nSPS) is 43.8. The second kappa shape index (κ2) is 3.56. The number of ether oxygens (including phenoxy) is 3. The molecule has 0 aromatic carbocycles. The van der Waals surface area contributed by atoms with Gasteiger partial charge in [0.2, 0.25) is 0 Å². The molecule has 3 fully saturated rings. The van der Waals surface area contributed by atoms with Gasteiger partial charge in [0, 0.05) is 12.3 Å². The third-order valence-electron chi connectivity index (χ3n) is 2.90. The van der Waals surface area contributed by atoms with Crippen LogP contribution in [0.2, 0.25) is 0 Å². The second-order valence-corrected chi connectivity index (χ2v) is 3.99. The number of hydrogen-bond acceptors (Lipinski definition) is 3. The Hall–Kier alpha value is -0.120. The summed E-state index contributed by atoms with van der Waals surface area (Å²) in [5, 5.41) is 0. The predicted molar refractivity (Wildman–Crippen MR) is 48.2 cm³/mol. The minimum atomic E-state index is -0.690. The lowest BCUT2D eigenvalue weighted by Gasteiger charge is -2.48. The van der Waals surface area contributed by atoms with Crippen molar-refractivity contribution in [3.8, 4) is 0 Å². The van der Waals surface area contributed by atoms with Crippen LogP contribution in [0.3, 0.4) is 0 Å². The zero-order chi connectivity index (χ0) is 9.31. The molecule has 2 bridgehead atoms. The van der Waals surface area contributed by atoms with E-state index >= 15 is 0 Å². The lowest BCUT2D eigenvalue weighted by atomic mass is 10.0. The highest BCUT2D eigenvalue weighted by molar-refractivity contribution is 4.80. The highest BCUT2D eigenvalue weighted by atomic mass is 16.9. The summed E-state index contributed by atoms with van der Waals surface area (Å²) in [6.45, 7) is 5.86. The molecule has 3 saturated heterocycles. The van der Waals surface area contributed by atoms with Gasteiger partial charge < -0.3 is 14.2 Å². The highest BCUT2D eigenvalue weighted by Crippen LogP contribution is 2.37. The molecule has 3 aliphatic heterocycles. The third-order valence-corrected chi connectivity index (χ3v) is 2.90. The third kappa shape index (κ3) is 1.73. The Bertz CT molecular complexity index is 173. The lowest BCUT2D eigenvalue weighted by Crippen LogP contribution is -2.57. The quantitative estimate of drug-likeness (QED) is 0.674. The fourth-order valence-corrected chi connectivity index (χ4v) is 1.87. The maximum absolute atomic E-state index is 5.73. The molecule has 0 aromatic rings. The lowest BCUT2D eigenvalue weighted by molar-refractivity contribution is -0.467. The highest BCUT2D eigenvalue weighted by Gasteiger charge is 2.47. The van der Waals surface area contributed by atoms with Gasteiger partial charge in [0.05, 0.1) is 19.3 Å². The van der Waals surface area contributed by atoms with E-state index in [-0.39, 0.29) is 0 Å². The molecule has 3 heterocycles. The van der Waals surface area contributed by atoms with Crippen LogP contribution in [0.5, 0.6) is 0 Å². The second-order valence-electron chi connectivity index (χ2n) is 3.99. The summed E-state index contributed by atoms with van der Waals surface area (Å²) in [6.07, 6.45) is 3.40. The fourth-order valence-electron chi connectivity index (χ4n) is 1.87. The van der Waals surface area contributed by atoms with Gasteiger partial charge in [-0.05, 0) is 13.3 Å². The van der Waals surface area contributed by atoms with Gasteiger partial charge in [-0.15, -0.1) is 0 Å². The van der Waals surface area contributed by atoms with Crippen LogP contribution in [-0.2, 0) is 14.2 Å². The summed E-state index contributed by atoms with van der Waals surface area (Å²) in [5.74, 6) is -0.257. The van der Waals surface area contributed by atoms with Crippen molar-refractivity contribution in [2.45, 2.75) is 45.2 Å². The molecule has 0 radical (unpaired) electrons. The molecule has 0 N–H and O–H groups in total. The van der Waals surface area contributed by atoms with Gasteiger partial charge in [0.25, 0.3) is 5.97 Å². The Labute approximate surface area is 79.4 Å². The summed E-state index contributed by atoms with van der Waals surface area (Å²) < 4.78 is 16.9. The van der Waals surface area contributed by atoms with Gasteiger partial charge in [-0.25, -0.2) is 0 Å². The van der Waals surface area contributed by atoms with E-state index in [9.17, 15) is 0 Å². The molecule has 1 atom stereocenters. The Morgan fingerprint density at radius 3 is 2.54 bits per heavy atom. The van der Waals surface area contributed by atoms with E-state index in [1.165, 1.54) is 0 Å². The van der Waals surface area contributed by atoms with Crippen LogP contribution < -0.4 is 0 Å². The monoisotopic (exact) mass is 186 g/mol. The van der Waals surface area contributed by atoms with Crippen molar-refractivity contribution in [3.63, 3.8) is 0 Å². The Kier molecular flexibility index (Phi) is 2.58. The first kappa shape index (κ1) is 9.44. The smallest absolute Gasteiger partial charge is 0.283 e. The predicted octanol–water partition coefficient (Wildman–Crippen LogP) is 1.91. The van der Waals surface area contributed by atoms with Crippen LogP contribution in [0.1, 0.15) is 33.1 Å². The van der Waals surface area contributed by atoms with Crippen LogP contribution >= 0.6 is 0 Å². The van der Waals surface area contributed by atoms with Crippen molar-refractivity contribution in [1.82, 2.24) is 0 Å². The van der Waals surface area contributed by atoms with Gasteiger partial charge in [-0.1, -0.05) is 13.3 Å². The standard InChI is InChI=1S/C10H18O3/c1-3-4-5-10-11-6-9(7-12-10)8(2)13-10/h8-9H,3-7H2,1-2H3. The van der Waals surface area contributed by atoms with Crippen LogP contribution in [0.25, 0.3) is 0 Å². The maximum atomic E-state index is 5.73. The molecule has 13 heavy (non-hydrogen) atoms. The van der Waals surface area contributed by atoms with E-state index in [0.717, 1.165) is 32.5 Å². The minimum Gasteiger partial charge on any atom is -0.327 e. The van der Waals surface area contributed by atoms with Crippen LogP contribution in [0.4, 0.5) is 0 Å². The molecule has 0 aliphatic carbocycles. The van der Waals surface area contributed by atoms with Gasteiger partial charge in [-0.3, -0.25) is 0 Å². The summed E-state index contributed by atoms with van der Waals surface area (Å²) in [6, 6.07) is 0. The van der Waals surface area contributed by atoms with Crippen molar-refractivity contribution in [2.75, 3.05) is 13.2 Å². The molecule has 1 unspecified atom stereocenters. The molecule has 0 aromatic heterocycles. The molecule has 3 heteroatoms. The number of hydrogen-bond donors (Lipinski definition) is 0. The first-order valence-corrected chi connectivity index (χ1v) is 5.21. The molecule has 0 amide bonds. The topological polar surface area (TPSA) is 27.7 Å². The molecule has 0 saturated carbocycles. The van der Waals surface area contributed by atoms with Crippen molar-refractivity contribution >= 4 is 0 Å². The van der Waals surface area contributed by atoms with E-state index in [1.54, 1.807) is 0 Å². The van der Waals surface area contributed by atoms with E-state index in [2.05, 4.69) is 13.8 Å². The van der Waals surface area contributed by atoms with E-state index < -0.39 is 5.97 Å². The van der Waals surface area contributed by atoms with Gasteiger partial charge >= 0.3 is 0 Å². The first-order valence-electron chi connectivity index (χ1n) is 5.21. The Morgan fingerprint density at radius 1 is 1.31 bits per heavy atom. The van der Waals surface area contributed by atoms with E-state index in [0.29, 0.717) is 12.0 Å². The SMILES string of the molecule is CCCCC12OCC(CO1)C(C)O2. The molecule has 3 rings (SSSR count). The summed E-state index contributed by atoms with van der Waals surface area (Å²) >= 11 is 0. The summed E-state index contributed by atoms with van der Waals surface area (Å²) in [7, 11) is 0. The van der Waals surface area contributed by atoms with Gasteiger partial charge in [-0.2, -0.15) is 0 Å². The minimum absolute atomic E-state index is 0.291. The largest absolute Gasteiger partial charge is 0.327 e. The molecular formula is C10H18O3. The molecule has 3 aliphatic rings. The average molecular weight is 186 g/mol. The van der Waals surface area contributed by atoms with Crippen molar-refractivity contribution in [1.29, 1.82) is 0 Å². The Balaban J connectivity index is 1.96. The average Bonchev–Trinajstić information content (AvgIpc) is 2.16. The zero-order valence-corrected chi connectivity index (χ0v) is 8.41. The van der Waals surface area contributed by atoms with Crippen LogP contribution in [0.15, 0.2) is 0 Å². The molecule has 0 spiro atoms. The van der Waals surface area contributed by atoms with Gasteiger partial charge in [0.15, 0.2) is 0 Å². The molecular weight excluding hydrogens is 168 g/mol. The summed E-state index contributed by atoms with van der Waals surface area (Å²) in [4.78, 5) is 0. The van der Waals surface area contributed by atoms with Crippen molar-refractivity contribution in [2.24, 2.45) is 5.92 Å². The fraction of sp³-hybridized carbons (Fsp3) is 1.00. The van der Waals surface area contributed by atoms with Crippen molar-refractivity contribution < 1.29 is 14.2 Å². The first-order chi connectivity index (χ1) is 6.26. The number of fused-ring (bicyclic) bond motifs is 3. The van der Waals surface area contributed by atoms with E-state index in [1.807, 2.05) is 0 Å². The number of rotatable bonds is 3. The molecule has 76 valence electrons. The van der Waals surface area contributed by atoms with Crippen LogP contribution in [-0.4, -0.2) is 25.3 Å². The van der Waals surface area contributed by atoms with E-state index in [4.69, 9.17) is 14.2 Å². The Morgan fingerprint density at radius 2 is 2.00 bits per heavy atom. The number of unbranched alkanes of at least 4 members (excludes halogenated alkanes) is 1. The van der Waals surface area contributed by atoms with Crippen molar-refractivity contribution in [3.05, 3.63) is 0 Å². The molecule has 3 nitrogen and oxygen atoms in total.